The number of fused-ring (bicyclic) bond motifs is 6. The highest BCUT2D eigenvalue weighted by Crippen LogP contribution is 2.51. The second-order valence-electron chi connectivity index (χ2n) is 27.2. The van der Waals surface area contributed by atoms with E-state index in [-0.39, 0.29) is 173 Å². The van der Waals surface area contributed by atoms with E-state index in [4.69, 9.17) is 71.4 Å². The smallest absolute Gasteiger partial charge is 0.415 e. The molecule has 0 fully saturated rings. The van der Waals surface area contributed by atoms with Gasteiger partial charge in [0.05, 0.1) is 113 Å². The number of nitrogens with one attached hydrogen (secondary N) is 3. The Morgan fingerprint density at radius 1 is 0.646 bits per heavy atom. The minimum atomic E-state index is -4.01. The van der Waals surface area contributed by atoms with Gasteiger partial charge in [0.2, 0.25) is 11.8 Å². The summed E-state index contributed by atoms with van der Waals surface area (Å²) < 4.78 is 63.1. The SMILES string of the molecule is CCN(CCN(CC)C(=O)Oc1cc2c(c3ccccc13)[C@H](CCl)CN2C(=O)c1ccc(C(=O)N2C[C@@H](CCl)c3c2cc(OP(C)(=O)O)c2ccccc32)s1)C(=O)OCc1ccc(NC(=O)[C@H](CCCNC(N)=O)CC(=O)[C@@H](NC(=O)CCOCCOCCOCCOCCOCCOCCN2C(=O)C=CC2=O)C(C)C)cc1. The first kappa shape index (κ1) is 87.8. The molecule has 3 aliphatic rings. The molecule has 34 heteroatoms. The van der Waals surface area contributed by atoms with Gasteiger partial charge < -0.3 is 88.6 Å². The lowest BCUT2D eigenvalue weighted by molar-refractivity contribution is -0.137. The lowest BCUT2D eigenvalue weighted by Crippen LogP contribution is -2.45. The van der Waals surface area contributed by atoms with E-state index in [1.54, 1.807) is 98.2 Å². The van der Waals surface area contributed by atoms with Gasteiger partial charge in [-0.1, -0.05) is 74.5 Å². The van der Waals surface area contributed by atoms with Crippen LogP contribution in [0.15, 0.2) is 109 Å². The Kier molecular flexibility index (Phi) is 33.7. The second-order valence-corrected chi connectivity index (χ2v) is 30.7. The van der Waals surface area contributed by atoms with Gasteiger partial charge in [-0.15, -0.1) is 34.5 Å². The largest absolute Gasteiger partial charge is 0.445 e. The van der Waals surface area contributed by atoms with Gasteiger partial charge in [-0.05, 0) is 84.3 Å². The van der Waals surface area contributed by atoms with E-state index in [2.05, 4.69) is 16.0 Å². The molecule has 113 heavy (non-hydrogen) atoms. The van der Waals surface area contributed by atoms with Crippen LogP contribution in [-0.2, 0) is 68.3 Å². The van der Waals surface area contributed by atoms with E-state index in [0.717, 1.165) is 44.8 Å². The number of rotatable bonds is 46. The summed E-state index contributed by atoms with van der Waals surface area (Å²) in [6.45, 7) is 12.9. The van der Waals surface area contributed by atoms with Gasteiger partial charge in [0, 0.05) is 136 Å². The van der Waals surface area contributed by atoms with Gasteiger partial charge in [0.1, 0.15) is 18.1 Å². The topological polar surface area (TPSA) is 369 Å². The number of amides is 10. The number of likely N-dealkylation sites (N-methyl/N-ethyl adjacent to an activating group) is 2. The molecular formula is C79H98Cl2N9O21PS. The van der Waals surface area contributed by atoms with Crippen LogP contribution in [0.5, 0.6) is 11.5 Å². The number of Topliss-reactive ketones (excluding diaryl/α,β-unsaturated/α-hetero) is 1. The van der Waals surface area contributed by atoms with Crippen LogP contribution in [0.2, 0.25) is 0 Å². The molecule has 1 unspecified atom stereocenters. The number of thiophene rings is 1. The first-order valence-corrected chi connectivity index (χ1v) is 41.4. The Labute approximate surface area is 669 Å². The van der Waals surface area contributed by atoms with Gasteiger partial charge >= 0.3 is 25.8 Å². The zero-order chi connectivity index (χ0) is 81.1. The number of nitrogens with zero attached hydrogens (tertiary/aromatic N) is 5. The number of ketones is 1. The highest BCUT2D eigenvalue weighted by Gasteiger charge is 2.40. The molecule has 30 nitrogen and oxygen atoms in total. The van der Waals surface area contributed by atoms with Crippen molar-refractivity contribution in [2.75, 3.05) is 165 Å². The normalized spacial score (nSPS) is 15.4. The number of primary amides is 1. The summed E-state index contributed by atoms with van der Waals surface area (Å²) in [5.41, 5.74) is 8.82. The van der Waals surface area contributed by atoms with Crippen LogP contribution in [0.4, 0.5) is 31.4 Å². The molecule has 1 aromatic heterocycles. The number of anilines is 3. The van der Waals surface area contributed by atoms with Crippen molar-refractivity contribution in [3.05, 3.63) is 136 Å². The van der Waals surface area contributed by atoms with Crippen LogP contribution in [0.1, 0.15) is 101 Å². The summed E-state index contributed by atoms with van der Waals surface area (Å²) in [7, 11) is -4.01. The van der Waals surface area contributed by atoms with Crippen molar-refractivity contribution < 1.29 is 99.8 Å². The van der Waals surface area contributed by atoms with Crippen molar-refractivity contribution in [1.29, 1.82) is 0 Å². The quantitative estimate of drug-likeness (QED) is 0.0103. The summed E-state index contributed by atoms with van der Waals surface area (Å²) in [4.78, 5) is 151. The molecule has 0 saturated heterocycles. The van der Waals surface area contributed by atoms with Crippen LogP contribution >= 0.6 is 42.1 Å². The van der Waals surface area contributed by atoms with Gasteiger partial charge in [0.25, 0.3) is 23.6 Å². The number of ether oxygens (including phenoxy) is 8. The molecule has 0 bridgehead atoms. The number of carbonyl (C=O) groups is 10. The zero-order valence-electron chi connectivity index (χ0n) is 63.9. The van der Waals surface area contributed by atoms with Crippen LogP contribution in [0, 0.1) is 11.8 Å². The molecule has 3 aliphatic heterocycles. The third-order valence-electron chi connectivity index (χ3n) is 19.0. The monoisotopic (exact) mass is 1640 g/mol. The predicted octanol–water partition coefficient (Wildman–Crippen LogP) is 10.2. The van der Waals surface area contributed by atoms with Gasteiger partial charge in [-0.2, -0.15) is 0 Å². The fourth-order valence-electron chi connectivity index (χ4n) is 13.3. The number of hydrogen-bond donors (Lipinski definition) is 5. The number of halogens is 2. The van der Waals surface area contributed by atoms with E-state index >= 15 is 0 Å². The second kappa shape index (κ2) is 43.4. The summed E-state index contributed by atoms with van der Waals surface area (Å²) in [6.07, 6.45) is 1.36. The van der Waals surface area contributed by atoms with Crippen LogP contribution < -0.4 is 40.7 Å². The van der Waals surface area contributed by atoms with Crippen molar-refractivity contribution in [2.45, 2.75) is 77.9 Å². The summed E-state index contributed by atoms with van der Waals surface area (Å²) in [5.74, 6) is -3.84. The minimum Gasteiger partial charge on any atom is -0.445 e. The lowest BCUT2D eigenvalue weighted by atomic mass is 9.89. The summed E-state index contributed by atoms with van der Waals surface area (Å²) >= 11 is 14.2. The van der Waals surface area contributed by atoms with Gasteiger partial charge in [-0.3, -0.25) is 38.5 Å². The molecule has 9 rings (SSSR count). The molecular weight excluding hydrogens is 1540 g/mol. The minimum absolute atomic E-state index is 0.0307. The van der Waals surface area contributed by atoms with Crippen molar-refractivity contribution >= 4 is 140 Å². The van der Waals surface area contributed by atoms with Gasteiger partial charge in [0.15, 0.2) is 5.78 Å². The molecule has 0 saturated carbocycles. The van der Waals surface area contributed by atoms with Crippen LogP contribution in [0.25, 0.3) is 21.5 Å². The molecule has 6 N–H and O–H groups in total. The number of alkyl halides is 2. The van der Waals surface area contributed by atoms with Crippen LogP contribution in [0.3, 0.4) is 0 Å². The maximum Gasteiger partial charge on any atom is 0.415 e. The maximum atomic E-state index is 14.8. The number of urea groups is 1. The molecule has 6 aromatic rings. The number of nitrogens with two attached hydrogens (primary N) is 1. The predicted molar refractivity (Wildman–Crippen MR) is 427 cm³/mol. The summed E-state index contributed by atoms with van der Waals surface area (Å²) in [6, 6.07) is 26.0. The highest BCUT2D eigenvalue weighted by atomic mass is 35.5. The number of carbonyl (C=O) groups excluding carboxylic acids is 10. The zero-order valence-corrected chi connectivity index (χ0v) is 67.1. The number of benzene rings is 5. The Bertz CT molecular complexity index is 4390. The fourth-order valence-corrected chi connectivity index (χ4v) is 15.2. The third-order valence-corrected chi connectivity index (χ3v) is 21.3. The first-order valence-electron chi connectivity index (χ1n) is 37.5. The van der Waals surface area contributed by atoms with Crippen molar-refractivity contribution in [1.82, 2.24) is 25.3 Å². The van der Waals surface area contributed by atoms with Gasteiger partial charge in [-0.25, -0.2) is 18.9 Å². The highest BCUT2D eigenvalue weighted by molar-refractivity contribution is 7.52. The summed E-state index contributed by atoms with van der Waals surface area (Å²) in [5, 5.41) is 10.8. The average Bonchev–Trinajstić information content (AvgIpc) is 1.61. The molecule has 0 aliphatic carbocycles. The molecule has 0 radical (unpaired) electrons. The molecule has 5 atom stereocenters. The van der Waals surface area contributed by atoms with Crippen LogP contribution in [-0.4, -0.2) is 235 Å². The average molecular weight is 1640 g/mol. The van der Waals surface area contributed by atoms with E-state index in [1.165, 1.54) is 22.0 Å². The Hall–Kier alpha value is -9.11. The molecule has 610 valence electrons. The van der Waals surface area contributed by atoms with E-state index in [0.29, 0.717) is 92.7 Å². The Balaban J connectivity index is 0.705. The fraction of sp³-hybridized carbons (Fsp3) is 0.468. The van der Waals surface area contributed by atoms with Crippen molar-refractivity contribution in [3.63, 3.8) is 0 Å². The standard InChI is InChI=1S/C79H98Cl2N9O21PS/c1-6-86(28-29-87(7-2)79(100)110-64-44-61-71(59-16-10-8-14-57(59)64)54(46-80)48-89(61)75(96)66-22-23-67(113-66)76(97)90-49-55(47-81)72-60-17-11-9-15-58(60)65(45-62(72)90)111-112(5,101)102)78(99)109-50-52-18-20-56(21-19-52)84-74(95)53(13-12-27-83-77(82)98)43-63(91)73(51(3)4)85-68(92)26-31-103-33-35-105-37-39-107-41-42-108-40-38-106-36-34-104-32-30-88-69(93)24-25-70(88)94/h8-11,14-25,44-45,51,53-55,73H,6-7,12-13,26-43,46-50H2,1-5H3,(H,84,95)(H,85,92)(H,101,102)(H3,82,83,98)/t53-,54-,55-,73+/m1/s1. The van der Waals surface area contributed by atoms with Crippen molar-refractivity contribution in [3.8, 4) is 11.5 Å². The van der Waals surface area contributed by atoms with E-state index < -0.39 is 61.4 Å². The third kappa shape index (κ3) is 24.7. The lowest BCUT2D eigenvalue weighted by Gasteiger charge is -2.26. The van der Waals surface area contributed by atoms with E-state index in [1.807, 2.05) is 36.4 Å². The maximum absolute atomic E-state index is 14.8. The molecule has 4 heterocycles. The van der Waals surface area contributed by atoms with E-state index in [9.17, 15) is 57.4 Å². The molecule has 0 spiro atoms. The Morgan fingerprint density at radius 2 is 1.12 bits per heavy atom. The Morgan fingerprint density at radius 3 is 1.61 bits per heavy atom. The molecule has 5 aromatic carbocycles. The first-order chi connectivity index (χ1) is 54.4. The number of imide groups is 1. The van der Waals surface area contributed by atoms with Crippen molar-refractivity contribution in [2.24, 2.45) is 17.6 Å². The molecule has 10 amide bonds. The number of hydrogen-bond acceptors (Lipinski definition) is 21.